The van der Waals surface area contributed by atoms with Crippen LogP contribution >= 0.6 is 0 Å². The van der Waals surface area contributed by atoms with Gasteiger partial charge in [0.2, 0.25) is 0 Å². The van der Waals surface area contributed by atoms with Gasteiger partial charge in [0.25, 0.3) is 5.91 Å². The zero-order valence-electron chi connectivity index (χ0n) is 16.4. The van der Waals surface area contributed by atoms with Gasteiger partial charge in [-0.25, -0.2) is 4.99 Å². The molecule has 0 saturated heterocycles. The minimum absolute atomic E-state index is 0.239. The molecule has 3 fully saturated rings. The number of rotatable bonds is 7. The molecule has 146 valence electrons. The Morgan fingerprint density at radius 3 is 2.12 bits per heavy atom. The SMILES string of the molecule is NC1=NC(CCC2CCCCC2)(CC2CCCCC2)C(=O)N1CC1CC1. The predicted molar refractivity (Wildman–Crippen MR) is 106 cm³/mol. The first-order chi connectivity index (χ1) is 12.7. The summed E-state index contributed by atoms with van der Waals surface area (Å²) in [5.41, 5.74) is 5.76. The molecule has 4 nitrogen and oxygen atoms in total. The number of nitrogens with zero attached hydrogens (tertiary/aromatic N) is 2. The molecule has 26 heavy (non-hydrogen) atoms. The van der Waals surface area contributed by atoms with Gasteiger partial charge in [0.1, 0.15) is 5.54 Å². The van der Waals surface area contributed by atoms with Gasteiger partial charge in [-0.2, -0.15) is 0 Å². The molecule has 3 saturated carbocycles. The lowest BCUT2D eigenvalue weighted by atomic mass is 9.75. The number of hydrogen-bond donors (Lipinski definition) is 1. The number of aliphatic imine (C=N–C) groups is 1. The maximum atomic E-state index is 13.5. The van der Waals surface area contributed by atoms with Crippen LogP contribution in [0.4, 0.5) is 0 Å². The van der Waals surface area contributed by atoms with Crippen LogP contribution in [-0.2, 0) is 4.79 Å². The van der Waals surface area contributed by atoms with E-state index >= 15 is 0 Å². The van der Waals surface area contributed by atoms with Crippen LogP contribution in [0, 0.1) is 17.8 Å². The second-order valence-corrected chi connectivity index (χ2v) is 9.61. The summed E-state index contributed by atoms with van der Waals surface area (Å²) >= 11 is 0. The molecule has 4 heteroatoms. The monoisotopic (exact) mass is 359 g/mol. The summed E-state index contributed by atoms with van der Waals surface area (Å²) in [5, 5.41) is 0. The van der Waals surface area contributed by atoms with E-state index < -0.39 is 5.54 Å². The van der Waals surface area contributed by atoms with Gasteiger partial charge in [0.15, 0.2) is 5.96 Å². The van der Waals surface area contributed by atoms with Crippen molar-refractivity contribution in [1.29, 1.82) is 0 Å². The van der Waals surface area contributed by atoms with E-state index in [2.05, 4.69) is 0 Å². The minimum Gasteiger partial charge on any atom is -0.369 e. The molecule has 2 N–H and O–H groups in total. The number of guanidine groups is 1. The third kappa shape index (κ3) is 4.09. The van der Waals surface area contributed by atoms with Crippen molar-refractivity contribution in [3.63, 3.8) is 0 Å². The number of carbonyl (C=O) groups excluding carboxylic acids is 1. The van der Waals surface area contributed by atoms with E-state index in [-0.39, 0.29) is 5.91 Å². The fraction of sp³-hybridized carbons (Fsp3) is 0.909. The van der Waals surface area contributed by atoms with E-state index in [4.69, 9.17) is 10.7 Å². The van der Waals surface area contributed by atoms with Gasteiger partial charge < -0.3 is 5.73 Å². The minimum atomic E-state index is -0.529. The number of amides is 1. The maximum absolute atomic E-state index is 13.5. The average molecular weight is 360 g/mol. The standard InChI is InChI=1S/C22H37N3O/c23-21-24-22(15-18-9-5-2-6-10-18,14-13-17-7-3-1-4-8-17)20(26)25(21)16-19-11-12-19/h17-19H,1-16H2,(H2,23,24). The van der Waals surface area contributed by atoms with Crippen LogP contribution in [0.3, 0.4) is 0 Å². The number of hydrogen-bond acceptors (Lipinski definition) is 3. The normalized spacial score (nSPS) is 31.5. The molecule has 0 radical (unpaired) electrons. The molecule has 1 heterocycles. The fourth-order valence-electron chi connectivity index (χ4n) is 5.60. The van der Waals surface area contributed by atoms with Gasteiger partial charge in [-0.15, -0.1) is 0 Å². The maximum Gasteiger partial charge on any atom is 0.257 e. The first kappa shape index (κ1) is 18.3. The van der Waals surface area contributed by atoms with Crippen LogP contribution in [0.1, 0.15) is 96.3 Å². The Balaban J connectivity index is 1.47. The Hall–Kier alpha value is -1.06. The van der Waals surface area contributed by atoms with E-state index in [1.165, 1.54) is 77.0 Å². The second kappa shape index (κ2) is 7.90. The summed E-state index contributed by atoms with van der Waals surface area (Å²) < 4.78 is 0. The van der Waals surface area contributed by atoms with Crippen LogP contribution in [0.15, 0.2) is 4.99 Å². The van der Waals surface area contributed by atoms with Gasteiger partial charge in [0, 0.05) is 6.54 Å². The van der Waals surface area contributed by atoms with E-state index in [1.807, 2.05) is 4.90 Å². The van der Waals surface area contributed by atoms with E-state index in [0.29, 0.717) is 17.8 Å². The van der Waals surface area contributed by atoms with Crippen LogP contribution < -0.4 is 5.73 Å². The second-order valence-electron chi connectivity index (χ2n) is 9.61. The van der Waals surface area contributed by atoms with Gasteiger partial charge in [0.05, 0.1) is 0 Å². The Bertz CT molecular complexity index is 530. The van der Waals surface area contributed by atoms with Crippen molar-refractivity contribution in [2.24, 2.45) is 28.5 Å². The van der Waals surface area contributed by atoms with Gasteiger partial charge in [-0.05, 0) is 49.9 Å². The van der Waals surface area contributed by atoms with Crippen LogP contribution in [-0.4, -0.2) is 28.9 Å². The molecule has 1 aliphatic heterocycles. The molecule has 3 aliphatic carbocycles. The van der Waals surface area contributed by atoms with Crippen molar-refractivity contribution in [2.75, 3.05) is 6.54 Å². The molecular weight excluding hydrogens is 322 g/mol. The molecule has 4 rings (SSSR count). The Kier molecular flexibility index (Phi) is 5.56. The molecule has 1 unspecified atom stereocenters. The summed E-state index contributed by atoms with van der Waals surface area (Å²) in [6.45, 7) is 0.810. The zero-order valence-corrected chi connectivity index (χ0v) is 16.4. The summed E-state index contributed by atoms with van der Waals surface area (Å²) in [6.07, 6.45) is 18.9. The fourth-order valence-corrected chi connectivity index (χ4v) is 5.60. The largest absolute Gasteiger partial charge is 0.369 e. The molecule has 0 aromatic heterocycles. The lowest BCUT2D eigenvalue weighted by Gasteiger charge is -2.33. The molecule has 0 spiro atoms. The quantitative estimate of drug-likeness (QED) is 0.721. The lowest BCUT2D eigenvalue weighted by molar-refractivity contribution is -0.132. The molecule has 4 aliphatic rings. The summed E-state index contributed by atoms with van der Waals surface area (Å²) in [4.78, 5) is 20.2. The number of nitrogens with two attached hydrogens (primary N) is 1. The summed E-state index contributed by atoms with van der Waals surface area (Å²) in [6, 6.07) is 0. The van der Waals surface area contributed by atoms with E-state index in [0.717, 1.165) is 31.7 Å². The van der Waals surface area contributed by atoms with Crippen molar-refractivity contribution >= 4 is 11.9 Å². The molecule has 1 atom stereocenters. The topological polar surface area (TPSA) is 58.7 Å². The highest BCUT2D eigenvalue weighted by molar-refractivity contribution is 6.06. The van der Waals surface area contributed by atoms with Crippen LogP contribution in [0.5, 0.6) is 0 Å². The lowest BCUT2D eigenvalue weighted by Crippen LogP contribution is -2.46. The van der Waals surface area contributed by atoms with Crippen LogP contribution in [0.25, 0.3) is 0 Å². The smallest absolute Gasteiger partial charge is 0.257 e. The highest BCUT2D eigenvalue weighted by atomic mass is 16.2. The third-order valence-electron chi connectivity index (χ3n) is 7.43. The third-order valence-corrected chi connectivity index (χ3v) is 7.43. The van der Waals surface area contributed by atoms with Crippen molar-refractivity contribution < 1.29 is 4.79 Å². The van der Waals surface area contributed by atoms with E-state index in [1.54, 1.807) is 0 Å². The van der Waals surface area contributed by atoms with Gasteiger partial charge in [-0.3, -0.25) is 9.69 Å². The molecular formula is C22H37N3O. The molecule has 1 amide bonds. The molecule has 0 aromatic rings. The number of carbonyl (C=O) groups is 1. The highest BCUT2D eigenvalue weighted by Crippen LogP contribution is 2.41. The van der Waals surface area contributed by atoms with Gasteiger partial charge in [-0.1, -0.05) is 64.2 Å². The van der Waals surface area contributed by atoms with Crippen molar-refractivity contribution in [3.8, 4) is 0 Å². The van der Waals surface area contributed by atoms with Crippen molar-refractivity contribution in [1.82, 2.24) is 4.90 Å². The first-order valence-electron chi connectivity index (χ1n) is 11.3. The van der Waals surface area contributed by atoms with Crippen molar-refractivity contribution in [3.05, 3.63) is 0 Å². The Morgan fingerprint density at radius 1 is 0.885 bits per heavy atom. The average Bonchev–Trinajstić information content (AvgIpc) is 3.46. The van der Waals surface area contributed by atoms with Crippen LogP contribution in [0.2, 0.25) is 0 Å². The summed E-state index contributed by atoms with van der Waals surface area (Å²) in [7, 11) is 0. The van der Waals surface area contributed by atoms with Crippen molar-refractivity contribution in [2.45, 2.75) is 102 Å². The molecule has 0 bridgehead atoms. The molecule has 0 aromatic carbocycles. The van der Waals surface area contributed by atoms with E-state index in [9.17, 15) is 4.79 Å². The highest BCUT2D eigenvalue weighted by Gasteiger charge is 2.49. The Labute approximate surface area is 159 Å². The van der Waals surface area contributed by atoms with Gasteiger partial charge >= 0.3 is 0 Å². The zero-order chi connectivity index (χ0) is 18.0. The predicted octanol–water partition coefficient (Wildman–Crippen LogP) is 4.62. The first-order valence-corrected chi connectivity index (χ1v) is 11.3. The summed E-state index contributed by atoms with van der Waals surface area (Å²) in [5.74, 6) is 2.88. The Morgan fingerprint density at radius 2 is 1.50 bits per heavy atom.